The number of carbonyl (C=O) groups excluding carboxylic acids is 2. The van der Waals surface area contributed by atoms with Crippen LogP contribution >= 0.6 is 0 Å². The van der Waals surface area contributed by atoms with Crippen molar-refractivity contribution in [2.45, 2.75) is 33.6 Å². The first-order valence-corrected chi connectivity index (χ1v) is 8.83. The number of rotatable bonds is 7. The van der Waals surface area contributed by atoms with Crippen LogP contribution in [0.2, 0.25) is 0 Å². The highest BCUT2D eigenvalue weighted by atomic mass is 16.6. The molecule has 2 aromatic rings. The van der Waals surface area contributed by atoms with Crippen molar-refractivity contribution >= 4 is 28.9 Å². The van der Waals surface area contributed by atoms with Gasteiger partial charge < -0.3 is 10.6 Å². The summed E-state index contributed by atoms with van der Waals surface area (Å²) in [7, 11) is 0. The maximum absolute atomic E-state index is 12.4. The highest BCUT2D eigenvalue weighted by Gasteiger charge is 2.15. The second kappa shape index (κ2) is 8.93. The van der Waals surface area contributed by atoms with Crippen molar-refractivity contribution in [2.75, 3.05) is 10.6 Å². The first-order chi connectivity index (χ1) is 12.8. The van der Waals surface area contributed by atoms with Gasteiger partial charge in [-0.25, -0.2) is 0 Å². The lowest BCUT2D eigenvalue weighted by Gasteiger charge is -2.13. The van der Waals surface area contributed by atoms with E-state index in [1.807, 2.05) is 13.8 Å². The van der Waals surface area contributed by atoms with E-state index < -0.39 is 4.92 Å². The molecule has 0 aromatic heterocycles. The number of hydrogen-bond acceptors (Lipinski definition) is 4. The number of amides is 2. The molecule has 2 aromatic carbocycles. The molecule has 0 aliphatic rings. The molecule has 0 atom stereocenters. The molecule has 0 radical (unpaired) electrons. The van der Waals surface area contributed by atoms with E-state index in [-0.39, 0.29) is 23.4 Å². The molecule has 7 nitrogen and oxygen atoms in total. The molecule has 142 valence electrons. The summed E-state index contributed by atoms with van der Waals surface area (Å²) in [5.74, 6) is -0.387. The molecule has 2 amide bonds. The third-order valence-electron chi connectivity index (χ3n) is 4.44. The Hall–Kier alpha value is -3.22. The Morgan fingerprint density at radius 2 is 1.67 bits per heavy atom. The zero-order valence-corrected chi connectivity index (χ0v) is 15.6. The van der Waals surface area contributed by atoms with Crippen LogP contribution in [0, 0.1) is 23.0 Å². The van der Waals surface area contributed by atoms with Crippen LogP contribution in [0.4, 0.5) is 17.1 Å². The molecule has 0 bridgehead atoms. The minimum absolute atomic E-state index is 0.0249. The van der Waals surface area contributed by atoms with E-state index in [2.05, 4.69) is 10.6 Å². The van der Waals surface area contributed by atoms with Crippen LogP contribution in [-0.2, 0) is 4.79 Å². The number of nitro benzene ring substituents is 1. The Balaban J connectivity index is 2.05. The van der Waals surface area contributed by atoms with Crippen molar-refractivity contribution in [1.82, 2.24) is 0 Å². The van der Waals surface area contributed by atoms with Gasteiger partial charge in [-0.1, -0.05) is 13.8 Å². The van der Waals surface area contributed by atoms with E-state index in [1.54, 1.807) is 31.2 Å². The zero-order chi connectivity index (χ0) is 20.0. The Bertz CT molecular complexity index is 843. The molecule has 0 saturated heterocycles. The van der Waals surface area contributed by atoms with Crippen molar-refractivity contribution in [3.63, 3.8) is 0 Å². The number of nitrogens with zero attached hydrogens (tertiary/aromatic N) is 1. The molecule has 27 heavy (non-hydrogen) atoms. The second-order valence-corrected chi connectivity index (χ2v) is 6.29. The maximum atomic E-state index is 12.4. The van der Waals surface area contributed by atoms with Crippen LogP contribution < -0.4 is 10.6 Å². The number of carbonyl (C=O) groups is 2. The van der Waals surface area contributed by atoms with Crippen molar-refractivity contribution in [3.8, 4) is 0 Å². The molecule has 2 N–H and O–H groups in total. The quantitative estimate of drug-likeness (QED) is 0.553. The number of hydrogen-bond donors (Lipinski definition) is 2. The van der Waals surface area contributed by atoms with Gasteiger partial charge in [0.15, 0.2) is 0 Å². The fourth-order valence-corrected chi connectivity index (χ4v) is 2.70. The van der Waals surface area contributed by atoms with Crippen LogP contribution in [0.15, 0.2) is 42.5 Å². The third kappa shape index (κ3) is 5.13. The number of anilines is 2. The number of aryl methyl sites for hydroxylation is 1. The SMILES string of the molecule is CCC(CC)C(=O)Nc1ccc(C(=O)Nc2ccc([N+](=O)[O-])cc2C)cc1. The van der Waals surface area contributed by atoms with E-state index >= 15 is 0 Å². The summed E-state index contributed by atoms with van der Waals surface area (Å²) < 4.78 is 0. The van der Waals surface area contributed by atoms with Gasteiger partial charge in [-0.2, -0.15) is 0 Å². The first-order valence-electron chi connectivity index (χ1n) is 8.83. The second-order valence-electron chi connectivity index (χ2n) is 6.29. The number of non-ortho nitro benzene ring substituents is 1. The van der Waals surface area contributed by atoms with Crippen LogP contribution in [0.3, 0.4) is 0 Å². The summed E-state index contributed by atoms with van der Waals surface area (Å²) in [5, 5.41) is 16.4. The van der Waals surface area contributed by atoms with Gasteiger partial charge in [0, 0.05) is 35.0 Å². The largest absolute Gasteiger partial charge is 0.326 e. The fourth-order valence-electron chi connectivity index (χ4n) is 2.70. The van der Waals surface area contributed by atoms with Gasteiger partial charge in [-0.3, -0.25) is 19.7 Å². The van der Waals surface area contributed by atoms with Crippen molar-refractivity contribution in [1.29, 1.82) is 0 Å². The standard InChI is InChI=1S/C20H23N3O4/c1-4-14(5-2)19(24)21-16-8-6-15(7-9-16)20(25)22-18-11-10-17(23(26)27)12-13(18)3/h6-12,14H,4-5H2,1-3H3,(H,21,24)(H,22,25). The van der Waals surface area contributed by atoms with Crippen molar-refractivity contribution in [3.05, 3.63) is 63.7 Å². The number of benzene rings is 2. The number of nitrogens with one attached hydrogen (secondary N) is 2. The summed E-state index contributed by atoms with van der Waals surface area (Å²) >= 11 is 0. The van der Waals surface area contributed by atoms with Gasteiger partial charge >= 0.3 is 0 Å². The Kier molecular flexibility index (Phi) is 6.65. The van der Waals surface area contributed by atoms with Gasteiger partial charge in [0.1, 0.15) is 0 Å². The van der Waals surface area contributed by atoms with E-state index in [0.717, 1.165) is 12.8 Å². The predicted molar refractivity (Wildman–Crippen MR) is 105 cm³/mol. The zero-order valence-electron chi connectivity index (χ0n) is 15.6. The minimum Gasteiger partial charge on any atom is -0.326 e. The first kappa shape index (κ1) is 20.1. The van der Waals surface area contributed by atoms with Crippen LogP contribution in [0.25, 0.3) is 0 Å². The van der Waals surface area contributed by atoms with Gasteiger partial charge in [0.2, 0.25) is 5.91 Å². The molecule has 0 aliphatic carbocycles. The Labute approximate surface area is 157 Å². The monoisotopic (exact) mass is 369 g/mol. The average Bonchev–Trinajstić information content (AvgIpc) is 2.64. The molecular formula is C20H23N3O4. The lowest BCUT2D eigenvalue weighted by atomic mass is 10.0. The van der Waals surface area contributed by atoms with Crippen molar-refractivity contribution < 1.29 is 14.5 Å². The lowest BCUT2D eigenvalue weighted by Crippen LogP contribution is -2.21. The van der Waals surface area contributed by atoms with Gasteiger partial charge in [-0.15, -0.1) is 0 Å². The lowest BCUT2D eigenvalue weighted by molar-refractivity contribution is -0.384. The fraction of sp³-hybridized carbons (Fsp3) is 0.300. The molecule has 0 unspecified atom stereocenters. The molecule has 7 heteroatoms. The summed E-state index contributed by atoms with van der Waals surface area (Å²) in [4.78, 5) is 34.8. The predicted octanol–water partition coefficient (Wildman–Crippen LogP) is 4.53. The Morgan fingerprint density at radius 1 is 1.04 bits per heavy atom. The highest BCUT2D eigenvalue weighted by molar-refractivity contribution is 6.05. The minimum atomic E-state index is -0.479. The molecule has 0 spiro atoms. The van der Waals surface area contributed by atoms with Gasteiger partial charge in [0.05, 0.1) is 4.92 Å². The molecule has 0 heterocycles. The number of nitro groups is 1. The summed E-state index contributed by atoms with van der Waals surface area (Å²) in [6.45, 7) is 5.64. The summed E-state index contributed by atoms with van der Waals surface area (Å²) in [5.41, 5.74) is 2.15. The molecule has 0 fully saturated rings. The normalized spacial score (nSPS) is 10.5. The summed E-state index contributed by atoms with van der Waals surface area (Å²) in [6.07, 6.45) is 1.55. The van der Waals surface area contributed by atoms with Crippen LogP contribution in [0.5, 0.6) is 0 Å². The molecule has 0 aliphatic heterocycles. The highest BCUT2D eigenvalue weighted by Crippen LogP contribution is 2.22. The molecular weight excluding hydrogens is 346 g/mol. The van der Waals surface area contributed by atoms with Gasteiger partial charge in [-0.05, 0) is 55.7 Å². The van der Waals surface area contributed by atoms with Gasteiger partial charge in [0.25, 0.3) is 11.6 Å². The van der Waals surface area contributed by atoms with E-state index in [0.29, 0.717) is 22.5 Å². The average molecular weight is 369 g/mol. The van der Waals surface area contributed by atoms with E-state index in [1.165, 1.54) is 18.2 Å². The topological polar surface area (TPSA) is 101 Å². The third-order valence-corrected chi connectivity index (χ3v) is 4.44. The van der Waals surface area contributed by atoms with E-state index in [9.17, 15) is 19.7 Å². The van der Waals surface area contributed by atoms with E-state index in [4.69, 9.17) is 0 Å². The van der Waals surface area contributed by atoms with Crippen LogP contribution in [0.1, 0.15) is 42.6 Å². The van der Waals surface area contributed by atoms with Crippen LogP contribution in [-0.4, -0.2) is 16.7 Å². The molecule has 2 rings (SSSR count). The molecule has 0 saturated carbocycles. The Morgan fingerprint density at radius 3 is 2.19 bits per heavy atom. The summed E-state index contributed by atoms with van der Waals surface area (Å²) in [6, 6.07) is 10.9. The van der Waals surface area contributed by atoms with Crippen molar-refractivity contribution in [2.24, 2.45) is 5.92 Å². The maximum Gasteiger partial charge on any atom is 0.269 e. The smallest absolute Gasteiger partial charge is 0.269 e.